The van der Waals surface area contributed by atoms with E-state index in [0.29, 0.717) is 6.42 Å². The Morgan fingerprint density at radius 2 is 2.15 bits per heavy atom. The van der Waals surface area contributed by atoms with Crippen LogP contribution in [-0.4, -0.2) is 28.8 Å². The minimum Gasteiger partial charge on any atom is -0.315 e. The van der Waals surface area contributed by atoms with E-state index in [4.69, 9.17) is 0 Å². The number of carbonyl (C=O) groups excluding carboxylic acids is 2. The Morgan fingerprint density at radius 1 is 1.54 bits per heavy atom. The fourth-order valence-electron chi connectivity index (χ4n) is 1.29. The third-order valence-corrected chi connectivity index (χ3v) is 2.70. The summed E-state index contributed by atoms with van der Waals surface area (Å²) in [5.41, 5.74) is 0. The number of likely N-dealkylation sites (N-methyl/N-ethyl adjacent to an activating group) is 1. The highest BCUT2D eigenvalue weighted by molar-refractivity contribution is 7.82. The molecule has 13 heavy (non-hydrogen) atoms. The van der Waals surface area contributed by atoms with Crippen LogP contribution in [0.3, 0.4) is 0 Å². The van der Waals surface area contributed by atoms with Gasteiger partial charge in [0, 0.05) is 7.05 Å². The van der Waals surface area contributed by atoms with E-state index in [1.54, 1.807) is 0 Å². The Hall–Kier alpha value is -0.710. The van der Waals surface area contributed by atoms with Crippen molar-refractivity contribution in [2.24, 2.45) is 0 Å². The Balaban J connectivity index is 2.70. The van der Waals surface area contributed by atoms with Crippen LogP contribution in [0.2, 0.25) is 0 Å². The Kier molecular flexibility index (Phi) is 2.85. The van der Waals surface area contributed by atoms with Gasteiger partial charge in [-0.25, -0.2) is 4.79 Å². The number of thiol groups is 1. The van der Waals surface area contributed by atoms with Gasteiger partial charge in [0.2, 0.25) is 0 Å². The van der Waals surface area contributed by atoms with Crippen LogP contribution in [0.1, 0.15) is 26.2 Å². The molecule has 0 aliphatic carbocycles. The number of nitrogens with one attached hydrogen (secondary N) is 1. The molecule has 1 saturated heterocycles. The lowest BCUT2D eigenvalue weighted by Gasteiger charge is -2.19. The molecule has 0 radical (unpaired) electrons. The first-order valence-corrected chi connectivity index (χ1v) is 4.78. The molecule has 1 aliphatic rings. The van der Waals surface area contributed by atoms with Crippen LogP contribution in [-0.2, 0) is 4.79 Å². The van der Waals surface area contributed by atoms with E-state index in [9.17, 15) is 9.59 Å². The molecule has 1 N–H and O–H groups in total. The highest BCUT2D eigenvalue weighted by Crippen LogP contribution is 2.26. The molecule has 0 aromatic carbocycles. The number of urea groups is 1. The van der Waals surface area contributed by atoms with E-state index in [1.165, 1.54) is 7.05 Å². The normalized spacial score (nSPS) is 28.1. The summed E-state index contributed by atoms with van der Waals surface area (Å²) in [6.45, 7) is 2.03. The number of amides is 3. The summed E-state index contributed by atoms with van der Waals surface area (Å²) >= 11 is 4.21. The fraction of sp³-hybridized carbons (Fsp3) is 0.750. The summed E-state index contributed by atoms with van der Waals surface area (Å²) in [4.78, 5) is 22.7. The standard InChI is InChI=1S/C8H14N2O2S/c1-3-4-5-8(13)6(11)10(2)7(12)9-8/h13H,3-5H2,1-2H3,(H,9,12). The number of rotatable bonds is 3. The number of imide groups is 1. The van der Waals surface area contributed by atoms with Crippen molar-refractivity contribution in [3.05, 3.63) is 0 Å². The zero-order valence-corrected chi connectivity index (χ0v) is 8.73. The van der Waals surface area contributed by atoms with E-state index in [-0.39, 0.29) is 11.9 Å². The predicted octanol–water partition coefficient (Wildman–Crippen LogP) is 0.984. The fourth-order valence-corrected chi connectivity index (χ4v) is 1.69. The summed E-state index contributed by atoms with van der Waals surface area (Å²) in [5, 5.41) is 2.57. The smallest absolute Gasteiger partial charge is 0.315 e. The summed E-state index contributed by atoms with van der Waals surface area (Å²) in [6, 6.07) is -0.365. The topological polar surface area (TPSA) is 49.4 Å². The molecule has 0 aromatic heterocycles. The van der Waals surface area contributed by atoms with E-state index in [0.717, 1.165) is 17.7 Å². The predicted molar refractivity (Wildman–Crippen MR) is 52.5 cm³/mol. The van der Waals surface area contributed by atoms with Gasteiger partial charge >= 0.3 is 6.03 Å². The molecule has 74 valence electrons. The number of hydrogen-bond acceptors (Lipinski definition) is 3. The monoisotopic (exact) mass is 202 g/mol. The quantitative estimate of drug-likeness (QED) is 0.529. The lowest BCUT2D eigenvalue weighted by Crippen LogP contribution is -2.41. The van der Waals surface area contributed by atoms with Crippen LogP contribution in [0, 0.1) is 0 Å². The van der Waals surface area contributed by atoms with Crippen molar-refractivity contribution in [2.75, 3.05) is 7.05 Å². The molecule has 1 unspecified atom stereocenters. The summed E-state index contributed by atoms with van der Waals surface area (Å²) in [5.74, 6) is -0.255. The first kappa shape index (κ1) is 10.4. The number of unbranched alkanes of at least 4 members (excludes halogenated alkanes) is 1. The maximum Gasteiger partial charge on any atom is 0.325 e. The highest BCUT2D eigenvalue weighted by atomic mass is 32.1. The first-order valence-electron chi connectivity index (χ1n) is 4.34. The number of nitrogens with zero attached hydrogens (tertiary/aromatic N) is 1. The minimum absolute atomic E-state index is 0.255. The molecule has 0 saturated carbocycles. The molecule has 1 heterocycles. The van der Waals surface area contributed by atoms with Gasteiger partial charge in [0.25, 0.3) is 5.91 Å². The Bertz CT molecular complexity index is 244. The van der Waals surface area contributed by atoms with Crippen molar-refractivity contribution in [3.63, 3.8) is 0 Å². The Labute approximate surface area is 83.1 Å². The van der Waals surface area contributed by atoms with Crippen LogP contribution in [0.15, 0.2) is 0 Å². The second kappa shape index (κ2) is 3.57. The molecule has 0 spiro atoms. The van der Waals surface area contributed by atoms with E-state index >= 15 is 0 Å². The van der Waals surface area contributed by atoms with Crippen molar-refractivity contribution in [1.82, 2.24) is 10.2 Å². The first-order chi connectivity index (χ1) is 6.01. The van der Waals surface area contributed by atoms with Gasteiger partial charge in [-0.15, -0.1) is 12.6 Å². The van der Waals surface area contributed by atoms with E-state index in [2.05, 4.69) is 17.9 Å². The lowest BCUT2D eigenvalue weighted by atomic mass is 10.1. The number of hydrogen-bond donors (Lipinski definition) is 2. The van der Waals surface area contributed by atoms with Gasteiger partial charge in [-0.05, 0) is 12.8 Å². The molecule has 3 amide bonds. The van der Waals surface area contributed by atoms with Crippen LogP contribution in [0.5, 0.6) is 0 Å². The SMILES string of the molecule is CCCCC1(S)NC(=O)N(C)C1=O. The maximum absolute atomic E-state index is 11.5. The molecule has 1 atom stereocenters. The second-order valence-corrected chi connectivity index (χ2v) is 4.02. The molecule has 1 fully saturated rings. The van der Waals surface area contributed by atoms with Gasteiger partial charge < -0.3 is 5.32 Å². The molecular formula is C8H14N2O2S. The molecule has 5 heteroatoms. The lowest BCUT2D eigenvalue weighted by molar-refractivity contribution is -0.127. The third-order valence-electron chi connectivity index (χ3n) is 2.17. The number of carbonyl (C=O) groups is 2. The molecule has 4 nitrogen and oxygen atoms in total. The van der Waals surface area contributed by atoms with Gasteiger partial charge in [-0.2, -0.15) is 0 Å². The molecule has 0 aromatic rings. The van der Waals surface area contributed by atoms with Crippen LogP contribution in [0.25, 0.3) is 0 Å². The zero-order chi connectivity index (χ0) is 10.1. The van der Waals surface area contributed by atoms with Gasteiger partial charge in [0.15, 0.2) is 4.87 Å². The van der Waals surface area contributed by atoms with E-state index < -0.39 is 4.87 Å². The third kappa shape index (κ3) is 1.80. The summed E-state index contributed by atoms with van der Waals surface area (Å²) < 4.78 is 0. The largest absolute Gasteiger partial charge is 0.325 e. The van der Waals surface area contributed by atoms with Crippen LogP contribution >= 0.6 is 12.6 Å². The van der Waals surface area contributed by atoms with Crippen LogP contribution < -0.4 is 5.32 Å². The average molecular weight is 202 g/mol. The molecular weight excluding hydrogens is 188 g/mol. The minimum atomic E-state index is -0.970. The van der Waals surface area contributed by atoms with Gasteiger partial charge in [-0.1, -0.05) is 13.3 Å². The van der Waals surface area contributed by atoms with Gasteiger partial charge in [-0.3, -0.25) is 9.69 Å². The molecule has 1 aliphatic heterocycles. The molecule has 0 bridgehead atoms. The second-order valence-electron chi connectivity index (χ2n) is 3.26. The Morgan fingerprint density at radius 3 is 2.54 bits per heavy atom. The van der Waals surface area contributed by atoms with Crippen molar-refractivity contribution in [1.29, 1.82) is 0 Å². The van der Waals surface area contributed by atoms with E-state index in [1.807, 2.05) is 6.92 Å². The van der Waals surface area contributed by atoms with Crippen LogP contribution in [0.4, 0.5) is 4.79 Å². The summed E-state index contributed by atoms with van der Waals surface area (Å²) in [6.07, 6.45) is 2.44. The van der Waals surface area contributed by atoms with Crippen molar-refractivity contribution >= 4 is 24.6 Å². The highest BCUT2D eigenvalue weighted by Gasteiger charge is 2.46. The average Bonchev–Trinajstić information content (AvgIpc) is 2.28. The van der Waals surface area contributed by atoms with Crippen molar-refractivity contribution in [2.45, 2.75) is 31.1 Å². The van der Waals surface area contributed by atoms with Gasteiger partial charge in [0.05, 0.1) is 0 Å². The van der Waals surface area contributed by atoms with Crippen molar-refractivity contribution < 1.29 is 9.59 Å². The molecule has 1 rings (SSSR count). The van der Waals surface area contributed by atoms with Crippen molar-refractivity contribution in [3.8, 4) is 0 Å². The maximum atomic E-state index is 11.5. The van der Waals surface area contributed by atoms with Gasteiger partial charge in [0.1, 0.15) is 0 Å². The zero-order valence-electron chi connectivity index (χ0n) is 7.83. The summed E-state index contributed by atoms with van der Waals surface area (Å²) in [7, 11) is 1.46.